The van der Waals surface area contributed by atoms with Gasteiger partial charge in [0.25, 0.3) is 5.91 Å². The van der Waals surface area contributed by atoms with E-state index in [1.54, 1.807) is 0 Å². The molecular formula is C23H21F3N8O. The molecule has 1 aliphatic carbocycles. The number of anilines is 2. The smallest absolute Gasteiger partial charge is 0.270 e. The summed E-state index contributed by atoms with van der Waals surface area (Å²) >= 11 is 0. The van der Waals surface area contributed by atoms with Gasteiger partial charge in [-0.1, -0.05) is 0 Å². The highest BCUT2D eigenvalue weighted by Crippen LogP contribution is 2.30. The second-order valence-electron chi connectivity index (χ2n) is 8.41. The van der Waals surface area contributed by atoms with Gasteiger partial charge in [-0.05, 0) is 31.7 Å². The quantitative estimate of drug-likeness (QED) is 0.342. The molecule has 1 saturated carbocycles. The summed E-state index contributed by atoms with van der Waals surface area (Å²) in [4.78, 5) is 31.2. The van der Waals surface area contributed by atoms with E-state index in [-0.39, 0.29) is 52.0 Å². The minimum atomic E-state index is -0.744. The number of amides is 1. The van der Waals surface area contributed by atoms with Crippen LogP contribution in [0.3, 0.4) is 0 Å². The van der Waals surface area contributed by atoms with Gasteiger partial charge in [0.2, 0.25) is 0 Å². The van der Waals surface area contributed by atoms with E-state index in [1.807, 2.05) is 0 Å². The van der Waals surface area contributed by atoms with Crippen molar-refractivity contribution in [2.75, 3.05) is 11.1 Å². The summed E-state index contributed by atoms with van der Waals surface area (Å²) in [5.41, 5.74) is 6.25. The van der Waals surface area contributed by atoms with Crippen LogP contribution < -0.4 is 16.4 Å². The standard InChI is InChI=1S/C23H21F3N8O/c24-11-4-14-15(8-28-20(14)16(25)5-11)21-29-9-17(26)22(34-21)32-12-2-1-3-13(6-12)33-23(35)18-7-19(27)31-10-30-18/h4-5,7-10,12-13,28H,1-3,6H2,(H,33,35)(H2,27,30,31)(H,29,32,34)/t12-,13+/m0/s1. The number of H-pyrrole nitrogens is 1. The van der Waals surface area contributed by atoms with Crippen molar-refractivity contribution in [3.8, 4) is 11.4 Å². The number of rotatable bonds is 5. The Hall–Kier alpha value is -4.22. The number of carbonyl (C=O) groups is 1. The number of halogens is 3. The molecule has 4 aromatic rings. The summed E-state index contributed by atoms with van der Waals surface area (Å²) in [5, 5.41) is 6.28. The Morgan fingerprint density at radius 3 is 2.71 bits per heavy atom. The molecule has 0 unspecified atom stereocenters. The molecule has 9 nitrogen and oxygen atoms in total. The maximum Gasteiger partial charge on any atom is 0.270 e. The van der Waals surface area contributed by atoms with Gasteiger partial charge in [-0.15, -0.1) is 0 Å². The number of nitrogens with one attached hydrogen (secondary N) is 3. The van der Waals surface area contributed by atoms with Crippen molar-refractivity contribution in [2.45, 2.75) is 37.8 Å². The van der Waals surface area contributed by atoms with E-state index in [1.165, 1.54) is 24.7 Å². The molecule has 1 amide bonds. The number of fused-ring (bicyclic) bond motifs is 1. The molecule has 3 aromatic heterocycles. The third-order valence-electron chi connectivity index (χ3n) is 5.96. The third-order valence-corrected chi connectivity index (χ3v) is 5.96. The predicted octanol–water partition coefficient (Wildman–Crippen LogP) is 3.57. The summed E-state index contributed by atoms with van der Waals surface area (Å²) < 4.78 is 42.4. The lowest BCUT2D eigenvalue weighted by atomic mass is 9.91. The van der Waals surface area contributed by atoms with Crippen molar-refractivity contribution in [1.82, 2.24) is 30.2 Å². The summed E-state index contributed by atoms with van der Waals surface area (Å²) in [6, 6.07) is 3.02. The average molecular weight is 482 g/mol. The van der Waals surface area contributed by atoms with Crippen molar-refractivity contribution in [3.63, 3.8) is 0 Å². The molecule has 2 atom stereocenters. The maximum absolute atomic E-state index is 14.6. The van der Waals surface area contributed by atoms with Gasteiger partial charge in [-0.25, -0.2) is 33.1 Å². The van der Waals surface area contributed by atoms with E-state index in [0.717, 1.165) is 31.5 Å². The summed E-state index contributed by atoms with van der Waals surface area (Å²) in [6.45, 7) is 0. The second kappa shape index (κ2) is 9.20. The van der Waals surface area contributed by atoms with Gasteiger partial charge in [0.15, 0.2) is 17.5 Å². The van der Waals surface area contributed by atoms with E-state index in [2.05, 4.69) is 35.6 Å². The van der Waals surface area contributed by atoms with Crippen LogP contribution in [-0.2, 0) is 0 Å². The van der Waals surface area contributed by atoms with E-state index in [0.29, 0.717) is 12.0 Å². The fourth-order valence-corrected chi connectivity index (χ4v) is 4.34. The Morgan fingerprint density at radius 2 is 1.89 bits per heavy atom. The van der Waals surface area contributed by atoms with Gasteiger partial charge in [0.1, 0.15) is 29.5 Å². The van der Waals surface area contributed by atoms with Crippen molar-refractivity contribution >= 4 is 28.4 Å². The Labute approximate surface area is 197 Å². The van der Waals surface area contributed by atoms with E-state index in [4.69, 9.17) is 5.73 Å². The van der Waals surface area contributed by atoms with Gasteiger partial charge in [-0.2, -0.15) is 0 Å². The zero-order valence-electron chi connectivity index (χ0n) is 18.4. The molecule has 0 spiro atoms. The Morgan fingerprint density at radius 1 is 1.06 bits per heavy atom. The van der Waals surface area contributed by atoms with Crippen molar-refractivity contribution in [2.24, 2.45) is 0 Å². The SMILES string of the molecule is Nc1cc(C(=O)N[C@@H]2CCC[C@H](Nc3nc(-c4c[nH]c5c(F)cc(F)cc45)ncc3F)C2)ncn1. The molecular weight excluding hydrogens is 461 g/mol. The highest BCUT2D eigenvalue weighted by molar-refractivity contribution is 5.94. The first-order valence-electron chi connectivity index (χ1n) is 11.0. The highest BCUT2D eigenvalue weighted by Gasteiger charge is 2.25. The Balaban J connectivity index is 1.32. The van der Waals surface area contributed by atoms with Crippen LogP contribution in [0.5, 0.6) is 0 Å². The van der Waals surface area contributed by atoms with Crippen LogP contribution in [0.1, 0.15) is 36.2 Å². The largest absolute Gasteiger partial charge is 0.384 e. The maximum atomic E-state index is 14.6. The number of nitrogens with two attached hydrogens (primary N) is 1. The van der Waals surface area contributed by atoms with Crippen LogP contribution in [0.4, 0.5) is 24.8 Å². The fraction of sp³-hybridized carbons (Fsp3) is 0.261. The Kier molecular flexibility index (Phi) is 5.93. The zero-order valence-corrected chi connectivity index (χ0v) is 18.4. The molecule has 0 saturated heterocycles. The molecule has 1 aliphatic rings. The minimum Gasteiger partial charge on any atom is -0.384 e. The van der Waals surface area contributed by atoms with Crippen molar-refractivity contribution in [3.05, 3.63) is 60.1 Å². The van der Waals surface area contributed by atoms with Crippen LogP contribution in [-0.4, -0.2) is 42.9 Å². The highest BCUT2D eigenvalue weighted by atomic mass is 19.1. The van der Waals surface area contributed by atoms with Gasteiger partial charge in [0, 0.05) is 41.4 Å². The summed E-state index contributed by atoms with van der Waals surface area (Å²) in [7, 11) is 0. The van der Waals surface area contributed by atoms with E-state index >= 15 is 0 Å². The lowest BCUT2D eigenvalue weighted by Crippen LogP contribution is -2.42. The first-order chi connectivity index (χ1) is 16.9. The van der Waals surface area contributed by atoms with Crippen LogP contribution in [0.2, 0.25) is 0 Å². The van der Waals surface area contributed by atoms with Crippen molar-refractivity contribution < 1.29 is 18.0 Å². The first-order valence-corrected chi connectivity index (χ1v) is 11.0. The van der Waals surface area contributed by atoms with Crippen LogP contribution in [0, 0.1) is 17.5 Å². The fourth-order valence-electron chi connectivity index (χ4n) is 4.34. The lowest BCUT2D eigenvalue weighted by Gasteiger charge is -2.30. The summed E-state index contributed by atoms with van der Waals surface area (Å²) in [6.07, 6.45) is 6.53. The zero-order chi connectivity index (χ0) is 24.5. The number of carbonyl (C=O) groups excluding carboxylic acids is 1. The molecule has 180 valence electrons. The first kappa shape index (κ1) is 22.6. The number of nitrogen functional groups attached to an aromatic ring is 1. The van der Waals surface area contributed by atoms with E-state index < -0.39 is 17.5 Å². The average Bonchev–Trinajstić information content (AvgIpc) is 3.25. The third kappa shape index (κ3) is 4.72. The number of benzene rings is 1. The number of hydrogen-bond acceptors (Lipinski definition) is 7. The lowest BCUT2D eigenvalue weighted by molar-refractivity contribution is 0.0921. The van der Waals surface area contributed by atoms with Crippen LogP contribution in [0.25, 0.3) is 22.3 Å². The molecule has 0 radical (unpaired) electrons. The molecule has 12 heteroatoms. The molecule has 3 heterocycles. The molecule has 0 aliphatic heterocycles. The molecule has 35 heavy (non-hydrogen) atoms. The Bertz CT molecular complexity index is 1410. The minimum absolute atomic E-state index is 0.0261. The predicted molar refractivity (Wildman–Crippen MR) is 123 cm³/mol. The monoisotopic (exact) mass is 482 g/mol. The molecule has 1 fully saturated rings. The number of nitrogens with zero attached hydrogens (tertiary/aromatic N) is 4. The molecule has 1 aromatic carbocycles. The van der Waals surface area contributed by atoms with Crippen molar-refractivity contribution in [1.29, 1.82) is 0 Å². The van der Waals surface area contributed by atoms with Gasteiger partial charge in [0.05, 0.1) is 11.7 Å². The second-order valence-corrected chi connectivity index (χ2v) is 8.41. The number of hydrogen-bond donors (Lipinski definition) is 4. The van der Waals surface area contributed by atoms with Crippen LogP contribution in [0.15, 0.2) is 36.9 Å². The molecule has 5 N–H and O–H groups in total. The summed E-state index contributed by atoms with van der Waals surface area (Å²) in [5.74, 6) is -2.21. The van der Waals surface area contributed by atoms with E-state index in [9.17, 15) is 18.0 Å². The topological polar surface area (TPSA) is 134 Å². The number of aromatic nitrogens is 5. The van der Waals surface area contributed by atoms with Crippen LogP contribution >= 0.6 is 0 Å². The molecule has 5 rings (SSSR count). The normalized spacial score (nSPS) is 17.9. The number of aromatic amines is 1. The molecule has 0 bridgehead atoms. The van der Waals surface area contributed by atoms with Gasteiger partial charge < -0.3 is 21.4 Å². The van der Waals surface area contributed by atoms with Gasteiger partial charge in [-0.3, -0.25) is 4.79 Å². The van der Waals surface area contributed by atoms with Gasteiger partial charge >= 0.3 is 0 Å².